The number of nitrogens with one attached hydrogen (secondary N) is 1. The van der Waals surface area contributed by atoms with Gasteiger partial charge in [0.2, 0.25) is 17.7 Å². The summed E-state index contributed by atoms with van der Waals surface area (Å²) in [7, 11) is 2.12. The first-order valence-corrected chi connectivity index (χ1v) is 24.4. The zero-order valence-electron chi connectivity index (χ0n) is 38.3. The molecule has 3 aromatic heterocycles. The Balaban J connectivity index is 0.641. The van der Waals surface area contributed by atoms with E-state index in [2.05, 4.69) is 92.1 Å². The Morgan fingerprint density at radius 1 is 0.833 bits per heavy atom. The second kappa shape index (κ2) is 17.0. The van der Waals surface area contributed by atoms with E-state index in [9.17, 15) is 19.2 Å². The van der Waals surface area contributed by atoms with Gasteiger partial charge in [0.25, 0.3) is 5.91 Å². The second-order valence-electron chi connectivity index (χ2n) is 20.1. The van der Waals surface area contributed by atoms with E-state index in [1.54, 1.807) is 4.90 Å². The topological polar surface area (TPSA) is 150 Å². The highest BCUT2D eigenvalue weighted by Gasteiger charge is 2.61. The van der Waals surface area contributed by atoms with Gasteiger partial charge >= 0.3 is 0 Å². The molecule has 1 aliphatic carbocycles. The number of likely N-dealkylation sites (tertiary alicyclic amines) is 2. The van der Waals surface area contributed by atoms with E-state index in [1.165, 1.54) is 17.7 Å². The number of hydrogen-bond donors (Lipinski definition) is 2. The van der Waals surface area contributed by atoms with Gasteiger partial charge < -0.3 is 20.1 Å². The summed E-state index contributed by atoms with van der Waals surface area (Å²) in [5.74, 6) is 1.84. The van der Waals surface area contributed by atoms with Crippen molar-refractivity contribution in [1.29, 1.82) is 0 Å². The Hall–Kier alpha value is -6.08. The molecular formula is C53H61N9O4. The number of aromatic nitrogens is 3. The monoisotopic (exact) mass is 887 g/mol. The number of hydrogen-bond acceptors (Lipinski definition) is 9. The van der Waals surface area contributed by atoms with Crippen molar-refractivity contribution in [3.05, 3.63) is 102 Å². The average molecular weight is 888 g/mol. The van der Waals surface area contributed by atoms with Crippen LogP contribution in [0.15, 0.2) is 79.1 Å². The summed E-state index contributed by atoms with van der Waals surface area (Å²) >= 11 is 0. The normalized spacial score (nSPS) is 22.3. The summed E-state index contributed by atoms with van der Waals surface area (Å²) in [5.41, 5.74) is 14.9. The van der Waals surface area contributed by atoms with Gasteiger partial charge in [-0.3, -0.25) is 34.3 Å². The van der Waals surface area contributed by atoms with Crippen molar-refractivity contribution < 1.29 is 19.2 Å². The molecule has 6 aliphatic rings. The fraction of sp³-hybridized carbons (Fsp3) is 0.472. The lowest BCUT2D eigenvalue weighted by atomic mass is 9.82. The molecule has 8 heterocycles. The Bertz CT molecular complexity index is 2690. The molecule has 1 spiro atoms. The number of piperidine rings is 4. The Morgan fingerprint density at radius 2 is 1.56 bits per heavy atom. The Labute approximate surface area is 386 Å². The van der Waals surface area contributed by atoms with Gasteiger partial charge in [0.05, 0.1) is 5.41 Å². The quantitative estimate of drug-likeness (QED) is 0.144. The van der Waals surface area contributed by atoms with Gasteiger partial charge in [-0.05, 0) is 173 Å². The van der Waals surface area contributed by atoms with E-state index in [0.29, 0.717) is 30.0 Å². The first-order chi connectivity index (χ1) is 32.0. The molecule has 0 radical (unpaired) electrons. The fourth-order valence-electron chi connectivity index (χ4n) is 12.2. The molecular weight excluding hydrogens is 827 g/mol. The highest BCUT2D eigenvalue weighted by Crippen LogP contribution is 2.59. The molecule has 1 unspecified atom stereocenters. The van der Waals surface area contributed by atoms with Crippen molar-refractivity contribution in [2.75, 3.05) is 54.8 Å². The number of anilines is 3. The van der Waals surface area contributed by atoms with Crippen LogP contribution in [0.3, 0.4) is 0 Å². The minimum atomic E-state index is -0.625. The van der Waals surface area contributed by atoms with Crippen molar-refractivity contribution in [2.24, 2.45) is 18.9 Å². The summed E-state index contributed by atoms with van der Waals surface area (Å²) in [4.78, 5) is 69.9. The first kappa shape index (κ1) is 42.5. The Morgan fingerprint density at radius 3 is 2.24 bits per heavy atom. The van der Waals surface area contributed by atoms with Crippen LogP contribution in [0.2, 0.25) is 0 Å². The van der Waals surface area contributed by atoms with Gasteiger partial charge in [0.15, 0.2) is 0 Å². The van der Waals surface area contributed by atoms with Crippen LogP contribution in [-0.2, 0) is 26.8 Å². The number of rotatable bonds is 9. The smallest absolute Gasteiger partial charge is 0.253 e. The number of nitrogens with zero attached hydrogens (tertiary/aromatic N) is 7. The molecule has 13 nitrogen and oxygen atoms in total. The summed E-state index contributed by atoms with van der Waals surface area (Å²) in [5, 5.41) is 3.56. The minimum Gasteiger partial charge on any atom is -0.384 e. The molecule has 342 valence electrons. The van der Waals surface area contributed by atoms with E-state index in [4.69, 9.17) is 10.7 Å². The Kier molecular flexibility index (Phi) is 10.9. The van der Waals surface area contributed by atoms with Crippen molar-refractivity contribution in [3.63, 3.8) is 0 Å². The van der Waals surface area contributed by atoms with E-state index in [-0.39, 0.29) is 36.1 Å². The fourth-order valence-corrected chi connectivity index (χ4v) is 12.2. The number of pyridine rings is 2. The van der Waals surface area contributed by atoms with Crippen LogP contribution in [0.5, 0.6) is 0 Å². The number of fused-ring (bicyclic) bond motifs is 3. The molecule has 4 amide bonds. The minimum absolute atomic E-state index is 0.0166. The second-order valence-corrected chi connectivity index (χ2v) is 20.1. The highest BCUT2D eigenvalue weighted by molar-refractivity contribution is 6.15. The van der Waals surface area contributed by atoms with Crippen LogP contribution >= 0.6 is 0 Å². The van der Waals surface area contributed by atoms with Crippen molar-refractivity contribution in [2.45, 2.75) is 101 Å². The maximum absolute atomic E-state index is 13.7. The zero-order chi connectivity index (χ0) is 45.3. The number of amides is 4. The van der Waals surface area contributed by atoms with Gasteiger partial charge in [-0.2, -0.15) is 0 Å². The predicted molar refractivity (Wildman–Crippen MR) is 256 cm³/mol. The lowest BCUT2D eigenvalue weighted by molar-refractivity contribution is -0.135. The molecule has 5 fully saturated rings. The molecule has 5 aliphatic heterocycles. The van der Waals surface area contributed by atoms with Crippen LogP contribution < -0.4 is 20.9 Å². The summed E-state index contributed by atoms with van der Waals surface area (Å²) in [6.07, 6.45) is 13.7. The van der Waals surface area contributed by atoms with Crippen LogP contribution in [0.4, 0.5) is 17.2 Å². The number of aryl methyl sites for hydroxylation is 1. The molecule has 0 bridgehead atoms. The molecule has 3 N–H and O–H groups in total. The maximum Gasteiger partial charge on any atom is 0.253 e. The SMILES string of the molecule is C[C@@H](c1cc2c(-c3ccc(N)nc3)ccnc2n1C)N1CCC(c2ccc(C(=O)N3CCC(CC4CCN(c5ccc6c(c5)C5(CC5)C(=O)N6C5CCC(=O)NC5=O)CC4)CC3)cc2)CC1. The third kappa shape index (κ3) is 7.62. The molecule has 4 saturated heterocycles. The van der Waals surface area contributed by atoms with Crippen molar-refractivity contribution in [3.8, 4) is 11.1 Å². The molecule has 11 rings (SSSR count). The number of nitrogen functional groups attached to an aromatic ring is 1. The molecule has 1 saturated carbocycles. The van der Waals surface area contributed by atoms with Gasteiger partial charge in [-0.15, -0.1) is 0 Å². The first-order valence-electron chi connectivity index (χ1n) is 24.4. The summed E-state index contributed by atoms with van der Waals surface area (Å²) in [6, 6.07) is 22.7. The molecule has 2 atom stereocenters. The van der Waals surface area contributed by atoms with Gasteiger partial charge in [0, 0.05) is 91.7 Å². The standard InChI is InChI=1S/C53H61N9O4/c1-33(46-31-42-41(13-22-55-49(42)58(46)2)39-7-11-47(54)56-32-39)59-27-18-37(19-28-59)36-3-5-38(6-4-36)51(65)61-25-16-35(17-26-61)29-34-14-23-60(24-15-34)40-8-9-44-43(30-40)53(20-21-53)52(66)62(44)45-10-12-48(63)57-50(45)64/h3-9,11,13,22,30-35,37,45H,10,12,14-21,23-29H2,1-2H3,(H2,54,56)(H,57,63,64)/t33-,45?/m0/s1. The number of benzene rings is 2. The predicted octanol–water partition coefficient (Wildman–Crippen LogP) is 7.50. The number of carbonyl (C=O) groups excluding carboxylic acids is 4. The van der Waals surface area contributed by atoms with Gasteiger partial charge in [-0.25, -0.2) is 9.97 Å². The maximum atomic E-state index is 13.7. The third-order valence-corrected chi connectivity index (χ3v) is 16.4. The number of carbonyl (C=O) groups is 4. The van der Waals surface area contributed by atoms with Crippen LogP contribution in [-0.4, -0.2) is 93.3 Å². The molecule has 13 heteroatoms. The van der Waals surface area contributed by atoms with E-state index in [1.807, 2.05) is 30.6 Å². The largest absolute Gasteiger partial charge is 0.384 e. The zero-order valence-corrected chi connectivity index (χ0v) is 38.3. The summed E-state index contributed by atoms with van der Waals surface area (Å²) in [6.45, 7) is 7.94. The van der Waals surface area contributed by atoms with E-state index >= 15 is 0 Å². The van der Waals surface area contributed by atoms with Crippen LogP contribution in [0, 0.1) is 11.8 Å². The van der Waals surface area contributed by atoms with Gasteiger partial charge in [0.1, 0.15) is 17.5 Å². The van der Waals surface area contributed by atoms with E-state index in [0.717, 1.165) is 135 Å². The number of imide groups is 1. The summed E-state index contributed by atoms with van der Waals surface area (Å²) < 4.78 is 2.23. The molecule has 2 aromatic carbocycles. The van der Waals surface area contributed by atoms with Crippen molar-refractivity contribution >= 4 is 51.9 Å². The van der Waals surface area contributed by atoms with Crippen LogP contribution in [0.25, 0.3) is 22.2 Å². The third-order valence-electron chi connectivity index (χ3n) is 16.4. The lowest BCUT2D eigenvalue weighted by Crippen LogP contribution is -2.54. The number of nitrogens with two attached hydrogens (primary N) is 1. The van der Waals surface area contributed by atoms with E-state index < -0.39 is 11.5 Å². The average Bonchev–Trinajstić information content (AvgIpc) is 4.04. The van der Waals surface area contributed by atoms with Gasteiger partial charge in [-0.1, -0.05) is 12.1 Å². The lowest BCUT2D eigenvalue weighted by Gasteiger charge is -2.38. The highest BCUT2D eigenvalue weighted by atomic mass is 16.2. The van der Waals surface area contributed by atoms with Crippen LogP contribution in [0.1, 0.15) is 117 Å². The van der Waals surface area contributed by atoms with Crippen molar-refractivity contribution in [1.82, 2.24) is 29.7 Å². The molecule has 5 aromatic rings. The molecule has 66 heavy (non-hydrogen) atoms.